The molecule has 0 heterocycles. The summed E-state index contributed by atoms with van der Waals surface area (Å²) < 4.78 is 14.1. The minimum absolute atomic E-state index is 0.0147. The van der Waals surface area contributed by atoms with Crippen molar-refractivity contribution in [1.29, 1.82) is 0 Å². The molecule has 0 saturated carbocycles. The van der Waals surface area contributed by atoms with Crippen LogP contribution in [0.4, 0.5) is 0 Å². The van der Waals surface area contributed by atoms with Crippen LogP contribution in [0.25, 0.3) is 0 Å². The van der Waals surface area contributed by atoms with Crippen molar-refractivity contribution in [2.45, 2.75) is 0 Å². The van der Waals surface area contributed by atoms with Crippen LogP contribution in [0.3, 0.4) is 0 Å². The Morgan fingerprint density at radius 2 is 1.37 bits per heavy atom. The number of carbonyl (C=O) groups is 3. The summed E-state index contributed by atoms with van der Waals surface area (Å²) in [4.78, 5) is 36.9. The lowest BCUT2D eigenvalue weighted by atomic mass is 9.91. The van der Waals surface area contributed by atoms with Gasteiger partial charge in [0.05, 0.1) is 0 Å². The summed E-state index contributed by atoms with van der Waals surface area (Å²) in [5, 5.41) is 0. The standard InChI is InChI=1S/C23H15NO5S/c25-14-15-10-12-16(13-11-15)28-23-20(24-30-29-17-6-2-1-3-7-17)21(26)18-8-4-5-9-19(18)22(23)27/h1-14,24H. The molecular weight excluding hydrogens is 402 g/mol. The number of aldehydes is 1. The highest BCUT2D eigenvalue weighted by Gasteiger charge is 2.34. The van der Waals surface area contributed by atoms with Crippen LogP contribution >= 0.6 is 12.2 Å². The van der Waals surface area contributed by atoms with Crippen LogP contribution in [0, 0.1) is 0 Å². The average molecular weight is 417 g/mol. The average Bonchev–Trinajstić information content (AvgIpc) is 2.80. The first-order valence-corrected chi connectivity index (χ1v) is 9.72. The van der Waals surface area contributed by atoms with Gasteiger partial charge in [-0.1, -0.05) is 42.5 Å². The number of hydrogen-bond donors (Lipinski definition) is 1. The van der Waals surface area contributed by atoms with E-state index < -0.39 is 5.78 Å². The highest BCUT2D eigenvalue weighted by Crippen LogP contribution is 2.29. The molecule has 0 atom stereocenters. The summed E-state index contributed by atoms with van der Waals surface area (Å²) in [7, 11) is 0. The summed E-state index contributed by atoms with van der Waals surface area (Å²) in [6.07, 6.45) is 0.707. The smallest absolute Gasteiger partial charge is 0.231 e. The minimum Gasteiger partial charge on any atom is -0.451 e. The number of nitrogens with one attached hydrogen (secondary N) is 1. The molecule has 0 aliphatic heterocycles. The van der Waals surface area contributed by atoms with Crippen molar-refractivity contribution in [3.8, 4) is 11.5 Å². The zero-order chi connectivity index (χ0) is 20.9. The topological polar surface area (TPSA) is 81.7 Å². The molecule has 148 valence electrons. The van der Waals surface area contributed by atoms with Gasteiger partial charge in [-0.3, -0.25) is 19.1 Å². The Morgan fingerprint density at radius 3 is 2.03 bits per heavy atom. The van der Waals surface area contributed by atoms with Gasteiger partial charge in [-0.25, -0.2) is 0 Å². The molecule has 1 aliphatic carbocycles. The first kappa shape index (κ1) is 19.5. The summed E-state index contributed by atoms with van der Waals surface area (Å²) in [5.74, 6) is -0.0371. The fourth-order valence-corrected chi connectivity index (χ4v) is 3.38. The predicted molar refractivity (Wildman–Crippen MR) is 112 cm³/mol. The highest BCUT2D eigenvalue weighted by molar-refractivity contribution is 7.93. The Bertz CT molecular complexity index is 1140. The van der Waals surface area contributed by atoms with Crippen molar-refractivity contribution in [1.82, 2.24) is 4.72 Å². The molecule has 0 spiro atoms. The van der Waals surface area contributed by atoms with Crippen LogP contribution in [0.5, 0.6) is 11.5 Å². The number of allylic oxidation sites excluding steroid dienone is 2. The molecule has 1 N–H and O–H groups in total. The summed E-state index contributed by atoms with van der Waals surface area (Å²) in [6, 6.07) is 21.8. The fraction of sp³-hybridized carbons (Fsp3) is 0. The zero-order valence-electron chi connectivity index (χ0n) is 15.5. The number of benzene rings is 3. The van der Waals surface area contributed by atoms with E-state index in [-0.39, 0.29) is 28.4 Å². The number of hydrogen-bond acceptors (Lipinski definition) is 7. The summed E-state index contributed by atoms with van der Waals surface area (Å²) in [6.45, 7) is 0. The van der Waals surface area contributed by atoms with Crippen molar-refractivity contribution in [3.63, 3.8) is 0 Å². The third kappa shape index (κ3) is 3.97. The molecule has 3 aromatic carbocycles. The third-order valence-corrected chi connectivity index (χ3v) is 4.90. The van der Waals surface area contributed by atoms with E-state index in [1.807, 2.05) is 18.2 Å². The maximum Gasteiger partial charge on any atom is 0.231 e. The molecule has 0 unspecified atom stereocenters. The maximum absolute atomic E-state index is 13.1. The number of para-hydroxylation sites is 1. The van der Waals surface area contributed by atoms with Crippen molar-refractivity contribution in [2.75, 3.05) is 0 Å². The molecule has 0 fully saturated rings. The van der Waals surface area contributed by atoms with Gasteiger partial charge in [0, 0.05) is 16.7 Å². The van der Waals surface area contributed by atoms with Crippen LogP contribution < -0.4 is 13.6 Å². The Balaban J connectivity index is 1.65. The molecule has 4 rings (SSSR count). The van der Waals surface area contributed by atoms with Gasteiger partial charge in [0.25, 0.3) is 0 Å². The van der Waals surface area contributed by atoms with Gasteiger partial charge >= 0.3 is 0 Å². The Kier molecular flexibility index (Phi) is 5.63. The molecule has 0 saturated heterocycles. The van der Waals surface area contributed by atoms with Crippen LogP contribution in [0.1, 0.15) is 31.1 Å². The molecule has 3 aromatic rings. The van der Waals surface area contributed by atoms with Gasteiger partial charge in [-0.2, -0.15) is 0 Å². The second-order valence-corrected chi connectivity index (χ2v) is 6.82. The Hall–Kier alpha value is -3.84. The Morgan fingerprint density at radius 1 is 0.733 bits per heavy atom. The van der Waals surface area contributed by atoms with Crippen molar-refractivity contribution in [3.05, 3.63) is 107 Å². The van der Waals surface area contributed by atoms with Crippen LogP contribution in [-0.4, -0.2) is 17.9 Å². The number of rotatable bonds is 7. The quantitative estimate of drug-likeness (QED) is 0.347. The van der Waals surface area contributed by atoms with Gasteiger partial charge in [-0.15, -0.1) is 0 Å². The lowest BCUT2D eigenvalue weighted by Crippen LogP contribution is -2.30. The minimum atomic E-state index is -0.424. The Labute approximate surface area is 176 Å². The van der Waals surface area contributed by atoms with E-state index in [1.165, 1.54) is 0 Å². The molecule has 1 aliphatic rings. The molecule has 6 nitrogen and oxygen atoms in total. The van der Waals surface area contributed by atoms with Crippen molar-refractivity contribution in [2.24, 2.45) is 0 Å². The van der Waals surface area contributed by atoms with Gasteiger partial charge < -0.3 is 8.92 Å². The summed E-state index contributed by atoms with van der Waals surface area (Å²) >= 11 is 0.806. The van der Waals surface area contributed by atoms with Gasteiger partial charge in [-0.05, 0) is 36.4 Å². The molecule has 0 amide bonds. The molecule has 7 heteroatoms. The van der Waals surface area contributed by atoms with E-state index in [9.17, 15) is 14.4 Å². The zero-order valence-corrected chi connectivity index (χ0v) is 16.3. The molecule has 0 radical (unpaired) electrons. The van der Waals surface area contributed by atoms with Crippen LogP contribution in [0.15, 0.2) is 90.3 Å². The molecule has 0 bridgehead atoms. The van der Waals surface area contributed by atoms with Gasteiger partial charge in [0.15, 0.2) is 12.2 Å². The van der Waals surface area contributed by atoms with Crippen LogP contribution in [-0.2, 0) is 0 Å². The van der Waals surface area contributed by atoms with E-state index in [1.54, 1.807) is 60.7 Å². The van der Waals surface area contributed by atoms with Gasteiger partial charge in [0.2, 0.25) is 17.3 Å². The molecular formula is C23H15NO5S. The third-order valence-electron chi connectivity index (χ3n) is 4.34. The second kappa shape index (κ2) is 8.67. The van der Waals surface area contributed by atoms with Crippen molar-refractivity contribution < 1.29 is 23.3 Å². The largest absolute Gasteiger partial charge is 0.451 e. The summed E-state index contributed by atoms with van der Waals surface area (Å²) in [5.41, 5.74) is 1.01. The number of ketones is 2. The van der Waals surface area contributed by atoms with Crippen molar-refractivity contribution >= 4 is 30.1 Å². The van der Waals surface area contributed by atoms with E-state index in [2.05, 4.69) is 4.72 Å². The highest BCUT2D eigenvalue weighted by atomic mass is 32.2. The van der Waals surface area contributed by atoms with E-state index in [0.29, 0.717) is 23.3 Å². The predicted octanol–water partition coefficient (Wildman–Crippen LogP) is 4.40. The molecule has 30 heavy (non-hydrogen) atoms. The lowest BCUT2D eigenvalue weighted by Gasteiger charge is -2.21. The number of Topliss-reactive ketones (excluding diaryl/α,β-unsaturated/α-hetero) is 2. The van der Waals surface area contributed by atoms with E-state index in [0.717, 1.165) is 12.2 Å². The number of fused-ring (bicyclic) bond motifs is 1. The van der Waals surface area contributed by atoms with E-state index >= 15 is 0 Å². The molecule has 0 aromatic heterocycles. The number of ether oxygens (including phenoxy) is 1. The number of carbonyl (C=O) groups excluding carboxylic acids is 3. The normalized spacial score (nSPS) is 12.9. The fourth-order valence-electron chi connectivity index (χ4n) is 2.86. The first-order valence-electron chi connectivity index (χ1n) is 8.98. The van der Waals surface area contributed by atoms with Gasteiger partial charge in [0.1, 0.15) is 23.5 Å². The first-order chi connectivity index (χ1) is 14.7. The monoisotopic (exact) mass is 417 g/mol. The second-order valence-electron chi connectivity index (χ2n) is 6.28. The maximum atomic E-state index is 13.1. The lowest BCUT2D eigenvalue weighted by molar-refractivity contribution is 0.0933. The van der Waals surface area contributed by atoms with Crippen LogP contribution in [0.2, 0.25) is 0 Å². The SMILES string of the molecule is O=Cc1ccc(OC2=C(NSOc3ccccc3)C(=O)c3ccccc3C2=O)cc1. The van der Waals surface area contributed by atoms with E-state index in [4.69, 9.17) is 8.92 Å².